The Labute approximate surface area is 140 Å². The number of carbonyl (C=O) groups excluding carboxylic acids is 2. The third-order valence-corrected chi connectivity index (χ3v) is 3.63. The van der Waals surface area contributed by atoms with Gasteiger partial charge in [0.15, 0.2) is 12.4 Å². The lowest BCUT2D eigenvalue weighted by Crippen LogP contribution is -2.14. The molecule has 0 aliphatic carbocycles. The van der Waals surface area contributed by atoms with Gasteiger partial charge in [0.2, 0.25) is 0 Å². The summed E-state index contributed by atoms with van der Waals surface area (Å²) in [5.41, 5.74) is 1.54. The minimum atomic E-state index is -0.819. The Balaban J connectivity index is 1.93. The molecule has 0 spiro atoms. The molecule has 0 fully saturated rings. The van der Waals surface area contributed by atoms with Gasteiger partial charge < -0.3 is 14.9 Å². The van der Waals surface area contributed by atoms with E-state index in [1.54, 1.807) is 12.1 Å². The Morgan fingerprint density at radius 3 is 2.38 bits per heavy atom. The summed E-state index contributed by atoms with van der Waals surface area (Å²) in [7, 11) is 0. The van der Waals surface area contributed by atoms with E-state index in [9.17, 15) is 19.8 Å². The molecule has 0 saturated carbocycles. The Bertz CT molecular complexity index is 719. The predicted octanol–water partition coefficient (Wildman–Crippen LogP) is 3.48. The van der Waals surface area contributed by atoms with Gasteiger partial charge in [0.05, 0.1) is 0 Å². The van der Waals surface area contributed by atoms with Crippen LogP contribution in [0.1, 0.15) is 46.0 Å². The molecule has 2 aromatic carbocycles. The topological polar surface area (TPSA) is 83.8 Å². The minimum Gasteiger partial charge on any atom is -0.508 e. The third-order valence-electron chi connectivity index (χ3n) is 3.63. The van der Waals surface area contributed by atoms with E-state index in [1.807, 2.05) is 12.1 Å². The van der Waals surface area contributed by atoms with Gasteiger partial charge in [-0.25, -0.2) is 4.79 Å². The first-order valence-electron chi connectivity index (χ1n) is 7.82. The molecule has 0 heterocycles. The molecule has 0 radical (unpaired) electrons. The number of hydrogen-bond donors (Lipinski definition) is 2. The van der Waals surface area contributed by atoms with Gasteiger partial charge in [-0.3, -0.25) is 4.79 Å². The average Bonchev–Trinajstić information content (AvgIpc) is 2.58. The van der Waals surface area contributed by atoms with Crippen LogP contribution in [0.3, 0.4) is 0 Å². The number of carbonyl (C=O) groups is 2. The van der Waals surface area contributed by atoms with E-state index in [0.717, 1.165) is 25.3 Å². The number of esters is 1. The molecule has 126 valence electrons. The summed E-state index contributed by atoms with van der Waals surface area (Å²) < 4.78 is 4.93. The van der Waals surface area contributed by atoms with Crippen LogP contribution in [-0.2, 0) is 11.2 Å². The zero-order valence-electron chi connectivity index (χ0n) is 13.5. The van der Waals surface area contributed by atoms with Crippen molar-refractivity contribution in [3.63, 3.8) is 0 Å². The second-order valence-corrected chi connectivity index (χ2v) is 5.50. The second kappa shape index (κ2) is 8.15. The Morgan fingerprint density at radius 2 is 1.75 bits per heavy atom. The number of aryl methyl sites for hydroxylation is 1. The Morgan fingerprint density at radius 1 is 1.04 bits per heavy atom. The highest BCUT2D eigenvalue weighted by Crippen LogP contribution is 2.23. The molecule has 0 unspecified atom stereocenters. The molecular weight excluding hydrogens is 308 g/mol. The van der Waals surface area contributed by atoms with E-state index in [4.69, 9.17) is 4.74 Å². The predicted molar refractivity (Wildman–Crippen MR) is 89.4 cm³/mol. The van der Waals surface area contributed by atoms with Crippen LogP contribution in [0.2, 0.25) is 0 Å². The van der Waals surface area contributed by atoms with E-state index in [1.165, 1.54) is 17.7 Å². The highest BCUT2D eigenvalue weighted by atomic mass is 16.5. The summed E-state index contributed by atoms with van der Waals surface area (Å²) in [6.07, 6.45) is 3.18. The molecule has 2 aromatic rings. The van der Waals surface area contributed by atoms with Gasteiger partial charge in [-0.1, -0.05) is 37.6 Å². The lowest BCUT2D eigenvalue weighted by Gasteiger charge is -2.07. The van der Waals surface area contributed by atoms with Crippen molar-refractivity contribution in [3.05, 3.63) is 59.2 Å². The Hall–Kier alpha value is -2.82. The summed E-state index contributed by atoms with van der Waals surface area (Å²) in [4.78, 5) is 23.9. The molecule has 2 N–H and O–H groups in total. The average molecular weight is 328 g/mol. The molecule has 0 amide bonds. The molecule has 24 heavy (non-hydrogen) atoms. The van der Waals surface area contributed by atoms with Gasteiger partial charge in [-0.05, 0) is 30.5 Å². The Kier molecular flexibility index (Phi) is 5.95. The number of phenolic OH excluding ortho intramolecular Hbond substituents is 2. The van der Waals surface area contributed by atoms with Gasteiger partial charge >= 0.3 is 5.97 Å². The van der Waals surface area contributed by atoms with Crippen LogP contribution in [0.5, 0.6) is 11.5 Å². The molecule has 0 bridgehead atoms. The first-order valence-corrected chi connectivity index (χ1v) is 7.82. The SMILES string of the molecule is CCCCc1ccc(C(=O)COC(=O)c2ccc(O)cc2O)cc1. The largest absolute Gasteiger partial charge is 0.508 e. The molecule has 0 saturated heterocycles. The van der Waals surface area contributed by atoms with Crippen molar-refractivity contribution in [2.24, 2.45) is 0 Å². The standard InChI is InChI=1S/C19H20O5/c1-2-3-4-13-5-7-14(8-6-13)18(22)12-24-19(23)16-10-9-15(20)11-17(16)21/h5-11,20-21H,2-4,12H2,1H3. The summed E-state index contributed by atoms with van der Waals surface area (Å²) in [5, 5.41) is 18.8. The monoisotopic (exact) mass is 328 g/mol. The maximum Gasteiger partial charge on any atom is 0.342 e. The zero-order chi connectivity index (χ0) is 17.5. The smallest absolute Gasteiger partial charge is 0.342 e. The molecule has 0 aliphatic heterocycles. The first-order chi connectivity index (χ1) is 11.5. The maximum absolute atomic E-state index is 12.1. The summed E-state index contributed by atoms with van der Waals surface area (Å²) >= 11 is 0. The number of rotatable bonds is 7. The van der Waals surface area contributed by atoms with Crippen LogP contribution in [0.25, 0.3) is 0 Å². The van der Waals surface area contributed by atoms with Crippen LogP contribution in [0.15, 0.2) is 42.5 Å². The van der Waals surface area contributed by atoms with Crippen molar-refractivity contribution in [3.8, 4) is 11.5 Å². The van der Waals surface area contributed by atoms with Gasteiger partial charge in [0, 0.05) is 11.6 Å². The first kappa shape index (κ1) is 17.5. The van der Waals surface area contributed by atoms with Gasteiger partial charge in [-0.15, -0.1) is 0 Å². The van der Waals surface area contributed by atoms with Crippen LogP contribution in [0, 0.1) is 0 Å². The van der Waals surface area contributed by atoms with E-state index >= 15 is 0 Å². The van der Waals surface area contributed by atoms with Crippen molar-refractivity contribution in [1.29, 1.82) is 0 Å². The molecular formula is C19H20O5. The third kappa shape index (κ3) is 4.59. The summed E-state index contributed by atoms with van der Waals surface area (Å²) in [6, 6.07) is 10.8. The number of benzene rings is 2. The highest BCUT2D eigenvalue weighted by molar-refractivity contribution is 6.00. The molecule has 5 nitrogen and oxygen atoms in total. The fourth-order valence-corrected chi connectivity index (χ4v) is 2.22. The van der Waals surface area contributed by atoms with Crippen LogP contribution >= 0.6 is 0 Å². The van der Waals surface area contributed by atoms with E-state index in [2.05, 4.69) is 6.92 Å². The zero-order valence-corrected chi connectivity index (χ0v) is 13.5. The molecule has 5 heteroatoms. The maximum atomic E-state index is 12.1. The van der Waals surface area contributed by atoms with Crippen molar-refractivity contribution in [2.45, 2.75) is 26.2 Å². The van der Waals surface area contributed by atoms with E-state index in [-0.39, 0.29) is 17.1 Å². The molecule has 0 atom stereocenters. The number of ketones is 1. The molecule has 0 aromatic heterocycles. The van der Waals surface area contributed by atoms with Crippen molar-refractivity contribution in [1.82, 2.24) is 0 Å². The number of unbranched alkanes of at least 4 members (excludes halogenated alkanes) is 1. The normalized spacial score (nSPS) is 10.4. The van der Waals surface area contributed by atoms with Crippen molar-refractivity contribution >= 4 is 11.8 Å². The number of ether oxygens (including phenoxy) is 1. The number of hydrogen-bond acceptors (Lipinski definition) is 5. The number of Topliss-reactive ketones (excluding diaryl/α,β-unsaturated/α-hetero) is 1. The fraction of sp³-hybridized carbons (Fsp3) is 0.263. The lowest BCUT2D eigenvalue weighted by molar-refractivity contribution is 0.0472. The van der Waals surface area contributed by atoms with Gasteiger partial charge in [-0.2, -0.15) is 0 Å². The van der Waals surface area contributed by atoms with E-state index in [0.29, 0.717) is 5.56 Å². The van der Waals surface area contributed by atoms with Crippen LogP contribution in [-0.4, -0.2) is 28.6 Å². The minimum absolute atomic E-state index is 0.101. The lowest BCUT2D eigenvalue weighted by atomic mass is 10.0. The number of phenols is 2. The van der Waals surface area contributed by atoms with Gasteiger partial charge in [0.1, 0.15) is 17.1 Å². The van der Waals surface area contributed by atoms with Crippen LogP contribution < -0.4 is 0 Å². The van der Waals surface area contributed by atoms with Gasteiger partial charge in [0.25, 0.3) is 0 Å². The van der Waals surface area contributed by atoms with Crippen LogP contribution in [0.4, 0.5) is 0 Å². The summed E-state index contributed by atoms with van der Waals surface area (Å²) in [6.45, 7) is 1.71. The highest BCUT2D eigenvalue weighted by Gasteiger charge is 2.15. The number of aromatic hydroxyl groups is 2. The quantitative estimate of drug-likeness (QED) is 0.600. The van der Waals surface area contributed by atoms with Crippen molar-refractivity contribution in [2.75, 3.05) is 6.61 Å². The van der Waals surface area contributed by atoms with Crippen molar-refractivity contribution < 1.29 is 24.5 Å². The second-order valence-electron chi connectivity index (χ2n) is 5.50. The molecule has 0 aliphatic rings. The summed E-state index contributed by atoms with van der Waals surface area (Å²) in [5.74, 6) is -1.69. The molecule has 2 rings (SSSR count). The van der Waals surface area contributed by atoms with E-state index < -0.39 is 18.3 Å². The fourth-order valence-electron chi connectivity index (χ4n) is 2.22.